The van der Waals surface area contributed by atoms with E-state index >= 15 is 0 Å². The van der Waals surface area contributed by atoms with Gasteiger partial charge in [-0.1, -0.05) is 5.16 Å². The molecule has 1 N–H and O–H groups in total. The number of carbonyl (C=O) groups excluding carboxylic acids is 1. The van der Waals surface area contributed by atoms with Crippen molar-refractivity contribution in [2.75, 3.05) is 13.1 Å². The molecule has 2 heterocycles. The molecule has 2 aromatic rings. The molecule has 0 radical (unpaired) electrons. The zero-order valence-corrected chi connectivity index (χ0v) is 19.0. The predicted molar refractivity (Wildman–Crippen MR) is 115 cm³/mol. The van der Waals surface area contributed by atoms with Crippen molar-refractivity contribution in [2.45, 2.75) is 70.6 Å². The van der Waals surface area contributed by atoms with Gasteiger partial charge in [-0.3, -0.25) is 9.69 Å². The summed E-state index contributed by atoms with van der Waals surface area (Å²) in [5.74, 6) is -1.05. The van der Waals surface area contributed by atoms with E-state index in [1.807, 2.05) is 30.6 Å². The number of carbonyl (C=O) groups is 1. The van der Waals surface area contributed by atoms with E-state index in [1.54, 1.807) is 6.07 Å². The first-order valence-corrected chi connectivity index (χ1v) is 11.1. The van der Waals surface area contributed by atoms with Gasteiger partial charge in [0.05, 0.1) is 11.2 Å². The van der Waals surface area contributed by atoms with E-state index in [0.29, 0.717) is 31.5 Å². The number of hydrogen-bond donors (Lipinski definition) is 1. The fourth-order valence-corrected chi connectivity index (χ4v) is 4.04. The first kappa shape index (κ1) is 23.3. The number of amides is 1. The summed E-state index contributed by atoms with van der Waals surface area (Å²) in [6.45, 7) is 6.87. The second-order valence-electron chi connectivity index (χ2n) is 9.50. The number of likely N-dealkylation sites (tertiary alicyclic amines) is 1. The van der Waals surface area contributed by atoms with Crippen molar-refractivity contribution in [1.82, 2.24) is 19.9 Å². The zero-order chi connectivity index (χ0) is 23.8. The third kappa shape index (κ3) is 5.38. The predicted octanol–water partition coefficient (Wildman–Crippen LogP) is 2.91. The standard InChI is InChI=1S/C23H28FN5O4/c1-23(2,3)32-22(31)28-10-8-17(9-11-28)29(16-6-7-16)21(30)19-26-20(33-27-19)14-4-5-15(13-25)18(24)12-14/h4-5,12,16-17,22,31H,6-11H2,1-3H3. The van der Waals surface area contributed by atoms with Crippen LogP contribution in [-0.4, -0.2) is 68.1 Å². The van der Waals surface area contributed by atoms with Gasteiger partial charge in [0.25, 0.3) is 17.6 Å². The first-order valence-electron chi connectivity index (χ1n) is 11.1. The minimum Gasteiger partial charge on any atom is -0.356 e. The monoisotopic (exact) mass is 457 g/mol. The quantitative estimate of drug-likeness (QED) is 0.659. The molecular weight excluding hydrogens is 429 g/mol. The normalized spacial score (nSPS) is 18.7. The van der Waals surface area contributed by atoms with Crippen LogP contribution < -0.4 is 0 Å². The van der Waals surface area contributed by atoms with Gasteiger partial charge >= 0.3 is 0 Å². The third-order valence-corrected chi connectivity index (χ3v) is 5.79. The lowest BCUT2D eigenvalue weighted by molar-refractivity contribution is -0.243. The second kappa shape index (κ2) is 9.17. The van der Waals surface area contributed by atoms with Gasteiger partial charge in [0.1, 0.15) is 11.9 Å². The average molecular weight is 458 g/mol. The molecule has 1 saturated heterocycles. The first-order chi connectivity index (χ1) is 15.7. The maximum atomic E-state index is 13.9. The number of piperidine rings is 1. The number of nitrogens with zero attached hydrogens (tertiary/aromatic N) is 5. The molecule has 1 aromatic heterocycles. The highest BCUT2D eigenvalue weighted by Gasteiger charge is 2.41. The summed E-state index contributed by atoms with van der Waals surface area (Å²) >= 11 is 0. The number of aliphatic hydroxyl groups excluding tert-OH is 1. The topological polar surface area (TPSA) is 116 Å². The molecule has 1 atom stereocenters. The Kier molecular flexibility index (Phi) is 6.47. The number of rotatable bonds is 6. The molecule has 2 aliphatic rings. The highest BCUT2D eigenvalue weighted by molar-refractivity contribution is 5.91. The van der Waals surface area contributed by atoms with Crippen molar-refractivity contribution in [3.8, 4) is 17.5 Å². The number of aliphatic hydroxyl groups is 1. The van der Waals surface area contributed by atoms with Crippen molar-refractivity contribution in [3.05, 3.63) is 35.4 Å². The lowest BCUT2D eigenvalue weighted by Crippen LogP contribution is -2.52. The summed E-state index contributed by atoms with van der Waals surface area (Å²) < 4.78 is 24.8. The van der Waals surface area contributed by atoms with Crippen LogP contribution in [0.5, 0.6) is 0 Å². The molecule has 1 saturated carbocycles. The lowest BCUT2D eigenvalue weighted by Gasteiger charge is -2.40. The molecule has 176 valence electrons. The molecule has 1 unspecified atom stereocenters. The largest absolute Gasteiger partial charge is 0.356 e. The summed E-state index contributed by atoms with van der Waals surface area (Å²) in [6, 6.07) is 5.87. The number of aromatic nitrogens is 2. The van der Waals surface area contributed by atoms with E-state index in [0.717, 1.165) is 18.9 Å². The van der Waals surface area contributed by atoms with Crippen LogP contribution >= 0.6 is 0 Å². The Bertz CT molecular complexity index is 1050. The lowest BCUT2D eigenvalue weighted by atomic mass is 10.0. The number of hydrogen-bond acceptors (Lipinski definition) is 8. The maximum Gasteiger partial charge on any atom is 0.295 e. The molecule has 1 aliphatic heterocycles. The van der Waals surface area contributed by atoms with Crippen LogP contribution in [-0.2, 0) is 4.74 Å². The molecule has 33 heavy (non-hydrogen) atoms. The number of benzene rings is 1. The van der Waals surface area contributed by atoms with E-state index in [4.69, 9.17) is 14.5 Å². The van der Waals surface area contributed by atoms with Crippen molar-refractivity contribution in [2.24, 2.45) is 0 Å². The van der Waals surface area contributed by atoms with Crippen molar-refractivity contribution in [3.63, 3.8) is 0 Å². The van der Waals surface area contributed by atoms with Crippen LogP contribution in [0.4, 0.5) is 4.39 Å². The molecule has 10 heteroatoms. The molecule has 4 rings (SSSR count). The molecule has 9 nitrogen and oxygen atoms in total. The van der Waals surface area contributed by atoms with Crippen LogP contribution in [0.1, 0.15) is 62.6 Å². The SMILES string of the molecule is CC(C)(C)OC(O)N1CCC(N(C(=O)c2noc(-c3ccc(C#N)c(F)c3)n2)C2CC2)CC1. The van der Waals surface area contributed by atoms with E-state index in [2.05, 4.69) is 10.1 Å². The van der Waals surface area contributed by atoms with Gasteiger partial charge < -0.3 is 19.3 Å². The minimum absolute atomic E-state index is 0.00241. The smallest absolute Gasteiger partial charge is 0.295 e. The van der Waals surface area contributed by atoms with Crippen molar-refractivity contribution >= 4 is 5.91 Å². The van der Waals surface area contributed by atoms with Crippen LogP contribution in [0.25, 0.3) is 11.5 Å². The van der Waals surface area contributed by atoms with Gasteiger partial charge in [0.2, 0.25) is 6.41 Å². The van der Waals surface area contributed by atoms with E-state index in [1.165, 1.54) is 12.1 Å². The Morgan fingerprint density at radius 3 is 2.55 bits per heavy atom. The maximum absolute atomic E-state index is 13.9. The molecular formula is C23H28FN5O4. The fourth-order valence-electron chi connectivity index (χ4n) is 4.04. The molecule has 2 fully saturated rings. The summed E-state index contributed by atoms with van der Waals surface area (Å²) in [6.07, 6.45) is 2.25. The average Bonchev–Trinajstić information content (AvgIpc) is 3.47. The van der Waals surface area contributed by atoms with Gasteiger partial charge in [-0.2, -0.15) is 10.2 Å². The van der Waals surface area contributed by atoms with Crippen LogP contribution in [0.15, 0.2) is 22.7 Å². The Hall–Kier alpha value is -2.87. The number of halogens is 1. The molecule has 0 bridgehead atoms. The van der Waals surface area contributed by atoms with Gasteiger partial charge in [-0.15, -0.1) is 0 Å². The van der Waals surface area contributed by atoms with Gasteiger partial charge in [0.15, 0.2) is 0 Å². The van der Waals surface area contributed by atoms with Gasteiger partial charge in [0, 0.05) is 30.7 Å². The second-order valence-corrected chi connectivity index (χ2v) is 9.50. The van der Waals surface area contributed by atoms with Crippen LogP contribution in [0.2, 0.25) is 0 Å². The van der Waals surface area contributed by atoms with Gasteiger partial charge in [-0.05, 0) is 64.7 Å². The Morgan fingerprint density at radius 2 is 1.97 bits per heavy atom. The molecule has 1 amide bonds. The zero-order valence-electron chi connectivity index (χ0n) is 19.0. The Balaban J connectivity index is 1.44. The number of nitriles is 1. The van der Waals surface area contributed by atoms with Crippen LogP contribution in [0.3, 0.4) is 0 Å². The van der Waals surface area contributed by atoms with Crippen LogP contribution in [0, 0.1) is 17.1 Å². The van der Waals surface area contributed by atoms with Crippen molar-refractivity contribution in [1.29, 1.82) is 5.26 Å². The summed E-state index contributed by atoms with van der Waals surface area (Å²) in [4.78, 5) is 21.2. The molecule has 1 aliphatic carbocycles. The third-order valence-electron chi connectivity index (χ3n) is 5.79. The fraction of sp³-hybridized carbons (Fsp3) is 0.565. The van der Waals surface area contributed by atoms with E-state index in [-0.39, 0.29) is 35.3 Å². The van der Waals surface area contributed by atoms with Crippen molar-refractivity contribution < 1.29 is 23.6 Å². The summed E-state index contributed by atoms with van der Waals surface area (Å²) in [7, 11) is 0. The molecule has 0 spiro atoms. The highest BCUT2D eigenvalue weighted by atomic mass is 19.1. The Morgan fingerprint density at radius 1 is 1.30 bits per heavy atom. The van der Waals surface area contributed by atoms with E-state index < -0.39 is 17.8 Å². The number of ether oxygens (including phenoxy) is 1. The molecule has 1 aromatic carbocycles. The van der Waals surface area contributed by atoms with E-state index in [9.17, 15) is 14.3 Å². The Labute approximate surface area is 191 Å². The summed E-state index contributed by atoms with van der Waals surface area (Å²) in [5, 5.41) is 23.1. The minimum atomic E-state index is -0.983. The summed E-state index contributed by atoms with van der Waals surface area (Å²) in [5.41, 5.74) is -0.239. The highest BCUT2D eigenvalue weighted by Crippen LogP contribution is 2.33. The van der Waals surface area contributed by atoms with Gasteiger partial charge in [-0.25, -0.2) is 4.39 Å².